The molecule has 4 nitrogen and oxygen atoms in total. The Kier molecular flexibility index (Phi) is 6.34. The van der Waals surface area contributed by atoms with Crippen LogP contribution < -0.4 is 10.2 Å². The van der Waals surface area contributed by atoms with Crippen molar-refractivity contribution >= 4 is 29.0 Å². The van der Waals surface area contributed by atoms with E-state index in [9.17, 15) is 18.0 Å². The van der Waals surface area contributed by atoms with Crippen LogP contribution in [-0.4, -0.2) is 55.0 Å². The molecule has 26 heavy (non-hydrogen) atoms. The number of halogens is 3. The van der Waals surface area contributed by atoms with E-state index in [0.717, 1.165) is 69.1 Å². The molecule has 2 heterocycles. The molecule has 2 aliphatic heterocycles. The van der Waals surface area contributed by atoms with Crippen LogP contribution in [0.4, 0.5) is 24.5 Å². The fourth-order valence-corrected chi connectivity index (χ4v) is 4.35. The number of nitrogens with zero attached hydrogens (tertiary/aromatic N) is 2. The van der Waals surface area contributed by atoms with E-state index < -0.39 is 11.7 Å². The van der Waals surface area contributed by atoms with Gasteiger partial charge in [0.1, 0.15) is 0 Å². The van der Waals surface area contributed by atoms with E-state index in [0.29, 0.717) is 5.69 Å². The molecule has 1 amide bonds. The van der Waals surface area contributed by atoms with Gasteiger partial charge < -0.3 is 10.2 Å². The lowest BCUT2D eigenvalue weighted by Gasteiger charge is -2.31. The van der Waals surface area contributed by atoms with Crippen molar-refractivity contribution in [2.75, 3.05) is 54.4 Å². The topological polar surface area (TPSA) is 35.6 Å². The summed E-state index contributed by atoms with van der Waals surface area (Å²) in [6.07, 6.45) is -1.27. The van der Waals surface area contributed by atoms with Gasteiger partial charge in [0.05, 0.1) is 23.5 Å². The summed E-state index contributed by atoms with van der Waals surface area (Å²) >= 11 is 1.85. The lowest BCUT2D eigenvalue weighted by Crippen LogP contribution is -2.39. The molecule has 2 saturated heterocycles. The highest BCUT2D eigenvalue weighted by Crippen LogP contribution is 2.36. The van der Waals surface area contributed by atoms with Crippen molar-refractivity contribution in [1.82, 2.24) is 4.90 Å². The van der Waals surface area contributed by atoms with Gasteiger partial charge >= 0.3 is 6.18 Å². The second-order valence-corrected chi connectivity index (χ2v) is 7.94. The molecular formula is C18H24F3N3OS. The number of piperidine rings is 1. The molecule has 0 aromatic heterocycles. The van der Waals surface area contributed by atoms with Crippen LogP contribution in [0, 0.1) is 0 Å². The summed E-state index contributed by atoms with van der Waals surface area (Å²) in [4.78, 5) is 16.5. The highest BCUT2D eigenvalue weighted by molar-refractivity contribution is 7.99. The van der Waals surface area contributed by atoms with Gasteiger partial charge in [0.15, 0.2) is 0 Å². The predicted molar refractivity (Wildman–Crippen MR) is 99.9 cm³/mol. The number of carbonyl (C=O) groups excluding carboxylic acids is 1. The average molecular weight is 387 g/mol. The summed E-state index contributed by atoms with van der Waals surface area (Å²) in [5.41, 5.74) is 0.210. The predicted octanol–water partition coefficient (Wildman–Crippen LogP) is 3.68. The number of hydrogen-bond acceptors (Lipinski definition) is 4. The summed E-state index contributed by atoms with van der Waals surface area (Å²) in [6.45, 7) is 3.49. The molecule has 1 aromatic carbocycles. The van der Waals surface area contributed by atoms with Gasteiger partial charge in [-0.3, -0.25) is 9.69 Å². The maximum atomic E-state index is 13.1. The molecule has 0 unspecified atom stereocenters. The number of alkyl halides is 3. The minimum Gasteiger partial charge on any atom is -0.370 e. The Morgan fingerprint density at radius 1 is 1.08 bits per heavy atom. The molecule has 2 fully saturated rings. The second kappa shape index (κ2) is 8.52. The number of carbonyl (C=O) groups is 1. The normalized spacial score (nSPS) is 19.4. The zero-order chi connectivity index (χ0) is 18.6. The number of hydrogen-bond donors (Lipinski definition) is 1. The third-order valence-corrected chi connectivity index (χ3v) is 5.71. The molecule has 1 aromatic rings. The van der Waals surface area contributed by atoms with E-state index in [1.807, 2.05) is 16.7 Å². The molecule has 0 aliphatic carbocycles. The summed E-state index contributed by atoms with van der Waals surface area (Å²) in [5.74, 6) is 1.71. The molecule has 3 rings (SSSR count). The standard InChI is InChI=1S/C18H24F3N3OS/c19-18(20,21)14-4-5-16(24-6-2-1-3-7-24)15(12-14)22-17(25)13-23-8-10-26-11-9-23/h4-5,12H,1-3,6-11,13H2,(H,22,25). The number of thioether (sulfide) groups is 1. The van der Waals surface area contributed by atoms with Crippen LogP contribution in [0.3, 0.4) is 0 Å². The van der Waals surface area contributed by atoms with Crippen LogP contribution in [-0.2, 0) is 11.0 Å². The van der Waals surface area contributed by atoms with E-state index in [4.69, 9.17) is 0 Å². The molecular weight excluding hydrogens is 363 g/mol. The Bertz CT molecular complexity index is 627. The SMILES string of the molecule is O=C(CN1CCSCC1)Nc1cc(C(F)(F)F)ccc1N1CCCCC1. The monoisotopic (exact) mass is 387 g/mol. The molecule has 0 radical (unpaired) electrons. The van der Waals surface area contributed by atoms with Crippen molar-refractivity contribution in [3.05, 3.63) is 23.8 Å². The first kappa shape index (κ1) is 19.4. The Labute approximate surface area is 156 Å². The Balaban J connectivity index is 1.78. The maximum Gasteiger partial charge on any atom is 0.416 e. The van der Waals surface area contributed by atoms with Gasteiger partial charge in [-0.2, -0.15) is 24.9 Å². The summed E-state index contributed by atoms with van der Waals surface area (Å²) in [7, 11) is 0. The van der Waals surface area contributed by atoms with Gasteiger partial charge in [-0.1, -0.05) is 0 Å². The third-order valence-electron chi connectivity index (χ3n) is 4.77. The van der Waals surface area contributed by atoms with Crippen molar-refractivity contribution in [2.45, 2.75) is 25.4 Å². The van der Waals surface area contributed by atoms with Crippen molar-refractivity contribution in [2.24, 2.45) is 0 Å². The summed E-state index contributed by atoms with van der Waals surface area (Å²) in [5, 5.41) is 2.74. The van der Waals surface area contributed by atoms with Crippen molar-refractivity contribution in [3.8, 4) is 0 Å². The smallest absolute Gasteiger partial charge is 0.370 e. The van der Waals surface area contributed by atoms with E-state index in [1.165, 1.54) is 6.07 Å². The highest BCUT2D eigenvalue weighted by atomic mass is 32.2. The first-order valence-corrected chi connectivity index (χ1v) is 10.1. The Morgan fingerprint density at radius 3 is 2.42 bits per heavy atom. The van der Waals surface area contributed by atoms with E-state index >= 15 is 0 Å². The van der Waals surface area contributed by atoms with Crippen molar-refractivity contribution < 1.29 is 18.0 Å². The van der Waals surface area contributed by atoms with E-state index in [-0.39, 0.29) is 18.1 Å². The van der Waals surface area contributed by atoms with Crippen LogP contribution >= 0.6 is 11.8 Å². The number of rotatable bonds is 4. The zero-order valence-corrected chi connectivity index (χ0v) is 15.5. The molecule has 0 atom stereocenters. The summed E-state index contributed by atoms with van der Waals surface area (Å²) in [6, 6.07) is 3.65. The lowest BCUT2D eigenvalue weighted by molar-refractivity contribution is -0.137. The lowest BCUT2D eigenvalue weighted by atomic mass is 10.1. The van der Waals surface area contributed by atoms with Gasteiger partial charge in [0.2, 0.25) is 5.91 Å². The van der Waals surface area contributed by atoms with Crippen LogP contribution in [0.2, 0.25) is 0 Å². The molecule has 2 aliphatic rings. The largest absolute Gasteiger partial charge is 0.416 e. The van der Waals surface area contributed by atoms with Crippen LogP contribution in [0.1, 0.15) is 24.8 Å². The van der Waals surface area contributed by atoms with Crippen LogP contribution in [0.15, 0.2) is 18.2 Å². The van der Waals surface area contributed by atoms with Gasteiger partial charge in [-0.25, -0.2) is 0 Å². The maximum absolute atomic E-state index is 13.1. The molecule has 144 valence electrons. The molecule has 0 saturated carbocycles. The average Bonchev–Trinajstić information content (AvgIpc) is 2.62. The van der Waals surface area contributed by atoms with E-state index in [2.05, 4.69) is 10.2 Å². The number of amides is 1. The number of nitrogens with one attached hydrogen (secondary N) is 1. The fraction of sp³-hybridized carbons (Fsp3) is 0.611. The molecule has 8 heteroatoms. The minimum absolute atomic E-state index is 0.218. The van der Waals surface area contributed by atoms with Gasteiger partial charge in [-0.15, -0.1) is 0 Å². The number of anilines is 2. The first-order chi connectivity index (χ1) is 12.4. The second-order valence-electron chi connectivity index (χ2n) is 6.71. The van der Waals surface area contributed by atoms with Crippen molar-refractivity contribution in [3.63, 3.8) is 0 Å². The minimum atomic E-state index is -4.43. The molecule has 0 spiro atoms. The van der Waals surface area contributed by atoms with E-state index in [1.54, 1.807) is 0 Å². The quantitative estimate of drug-likeness (QED) is 0.855. The van der Waals surface area contributed by atoms with Crippen LogP contribution in [0.25, 0.3) is 0 Å². The fourth-order valence-electron chi connectivity index (χ4n) is 3.38. The van der Waals surface area contributed by atoms with Gasteiger partial charge in [0.25, 0.3) is 0 Å². The highest BCUT2D eigenvalue weighted by Gasteiger charge is 2.32. The van der Waals surface area contributed by atoms with Gasteiger partial charge in [-0.05, 0) is 37.5 Å². The zero-order valence-electron chi connectivity index (χ0n) is 14.6. The first-order valence-electron chi connectivity index (χ1n) is 8.99. The van der Waals surface area contributed by atoms with Gasteiger partial charge in [0, 0.05) is 37.7 Å². The third kappa shape index (κ3) is 5.07. The number of benzene rings is 1. The molecule has 0 bridgehead atoms. The van der Waals surface area contributed by atoms with Crippen molar-refractivity contribution in [1.29, 1.82) is 0 Å². The Morgan fingerprint density at radius 2 is 1.77 bits per heavy atom. The Hall–Kier alpha value is -1.41. The summed E-state index contributed by atoms with van der Waals surface area (Å²) < 4.78 is 39.3. The molecule has 1 N–H and O–H groups in total. The van der Waals surface area contributed by atoms with Crippen LogP contribution in [0.5, 0.6) is 0 Å².